The molecule has 0 radical (unpaired) electrons. The first-order valence-corrected chi connectivity index (χ1v) is 8.22. The standard InChI is InChI=1S/C20H20FN3O2/c1-24-11-10-22-20(24)19(15-6-8-17(26-2)9-7-15)23-18(25)13-14-4-3-5-16(21)12-14/h3-12,19H,13H2,1-2H3,(H,23,25)/t19-/m1/s1. The SMILES string of the molecule is COc1ccc([C@@H](NC(=O)Cc2cccc(F)c2)c2nccn2C)cc1. The summed E-state index contributed by atoms with van der Waals surface area (Å²) < 4.78 is 20.4. The van der Waals surface area contributed by atoms with Crippen LogP contribution in [0.25, 0.3) is 0 Å². The lowest BCUT2D eigenvalue weighted by atomic mass is 10.0. The molecule has 5 nitrogen and oxygen atoms in total. The molecule has 0 spiro atoms. The van der Waals surface area contributed by atoms with Crippen molar-refractivity contribution in [1.29, 1.82) is 0 Å². The first-order valence-electron chi connectivity index (χ1n) is 8.22. The van der Waals surface area contributed by atoms with Gasteiger partial charge in [0.15, 0.2) is 0 Å². The van der Waals surface area contributed by atoms with E-state index in [-0.39, 0.29) is 18.1 Å². The predicted octanol–water partition coefficient (Wildman–Crippen LogP) is 3.02. The maximum atomic E-state index is 13.3. The van der Waals surface area contributed by atoms with Gasteiger partial charge in [0, 0.05) is 19.4 Å². The summed E-state index contributed by atoms with van der Waals surface area (Å²) in [7, 11) is 3.48. The van der Waals surface area contributed by atoms with Crippen molar-refractivity contribution in [3.8, 4) is 5.75 Å². The lowest BCUT2D eigenvalue weighted by Gasteiger charge is -2.19. The summed E-state index contributed by atoms with van der Waals surface area (Å²) in [6.45, 7) is 0. The van der Waals surface area contributed by atoms with Crippen molar-refractivity contribution in [2.75, 3.05) is 7.11 Å². The van der Waals surface area contributed by atoms with Crippen molar-refractivity contribution in [1.82, 2.24) is 14.9 Å². The van der Waals surface area contributed by atoms with Crippen LogP contribution < -0.4 is 10.1 Å². The highest BCUT2D eigenvalue weighted by Gasteiger charge is 2.21. The van der Waals surface area contributed by atoms with Gasteiger partial charge in [-0.3, -0.25) is 4.79 Å². The molecule has 0 saturated heterocycles. The van der Waals surface area contributed by atoms with Crippen LogP contribution in [0, 0.1) is 5.82 Å². The molecule has 0 fully saturated rings. The predicted molar refractivity (Wildman–Crippen MR) is 96.3 cm³/mol. The van der Waals surface area contributed by atoms with Crippen molar-refractivity contribution in [2.45, 2.75) is 12.5 Å². The summed E-state index contributed by atoms with van der Waals surface area (Å²) in [5.74, 6) is 0.881. The molecule has 6 heteroatoms. The van der Waals surface area contributed by atoms with Gasteiger partial charge in [0.2, 0.25) is 5.91 Å². The number of halogens is 1. The van der Waals surface area contributed by atoms with E-state index in [2.05, 4.69) is 10.3 Å². The third-order valence-corrected chi connectivity index (χ3v) is 4.12. The monoisotopic (exact) mass is 353 g/mol. The second-order valence-corrected chi connectivity index (χ2v) is 5.98. The van der Waals surface area contributed by atoms with Crippen LogP contribution in [-0.2, 0) is 18.3 Å². The number of nitrogens with zero attached hydrogens (tertiary/aromatic N) is 2. The average molecular weight is 353 g/mol. The smallest absolute Gasteiger partial charge is 0.225 e. The van der Waals surface area contributed by atoms with Gasteiger partial charge >= 0.3 is 0 Å². The van der Waals surface area contributed by atoms with Crippen LogP contribution in [0.2, 0.25) is 0 Å². The molecule has 134 valence electrons. The lowest BCUT2D eigenvalue weighted by molar-refractivity contribution is -0.121. The number of hydrogen-bond acceptors (Lipinski definition) is 3. The number of aryl methyl sites for hydroxylation is 1. The molecule has 3 aromatic rings. The molecule has 3 rings (SSSR count). The Bertz CT molecular complexity index is 890. The van der Waals surface area contributed by atoms with Crippen LogP contribution in [0.3, 0.4) is 0 Å². The zero-order valence-electron chi connectivity index (χ0n) is 14.6. The van der Waals surface area contributed by atoms with Crippen molar-refractivity contribution in [3.63, 3.8) is 0 Å². The molecule has 0 aliphatic carbocycles. The Morgan fingerprint density at radius 2 is 2.04 bits per heavy atom. The van der Waals surface area contributed by atoms with E-state index >= 15 is 0 Å². The summed E-state index contributed by atoms with van der Waals surface area (Å²) in [6.07, 6.45) is 3.60. The number of imidazole rings is 1. The molecule has 26 heavy (non-hydrogen) atoms. The fraction of sp³-hybridized carbons (Fsp3) is 0.200. The minimum atomic E-state index is -0.415. The second-order valence-electron chi connectivity index (χ2n) is 5.98. The second kappa shape index (κ2) is 7.82. The molecule has 2 aromatic carbocycles. The summed E-state index contributed by atoms with van der Waals surface area (Å²) in [4.78, 5) is 16.9. The summed E-state index contributed by atoms with van der Waals surface area (Å²) in [6, 6.07) is 13.1. The van der Waals surface area contributed by atoms with E-state index < -0.39 is 6.04 Å². The van der Waals surface area contributed by atoms with E-state index in [1.807, 2.05) is 42.1 Å². The van der Waals surface area contributed by atoms with Gasteiger partial charge in [-0.05, 0) is 35.4 Å². The molecule has 0 bridgehead atoms. The maximum absolute atomic E-state index is 13.3. The van der Waals surface area contributed by atoms with Gasteiger partial charge in [-0.1, -0.05) is 24.3 Å². The average Bonchev–Trinajstić information content (AvgIpc) is 3.05. The highest BCUT2D eigenvalue weighted by molar-refractivity contribution is 5.79. The van der Waals surface area contributed by atoms with Gasteiger partial charge in [-0.2, -0.15) is 0 Å². The number of nitrogens with one attached hydrogen (secondary N) is 1. The molecule has 1 heterocycles. The van der Waals surface area contributed by atoms with Crippen LogP contribution >= 0.6 is 0 Å². The van der Waals surface area contributed by atoms with Gasteiger partial charge in [-0.15, -0.1) is 0 Å². The Labute approximate surface area is 151 Å². The zero-order valence-corrected chi connectivity index (χ0v) is 14.6. The Morgan fingerprint density at radius 1 is 1.27 bits per heavy atom. The topological polar surface area (TPSA) is 56.1 Å². The molecule has 0 unspecified atom stereocenters. The Hall–Kier alpha value is -3.15. The van der Waals surface area contributed by atoms with E-state index in [0.29, 0.717) is 11.4 Å². The molecule has 1 amide bonds. The molecule has 1 N–H and O–H groups in total. The van der Waals surface area contributed by atoms with Crippen LogP contribution in [0.1, 0.15) is 23.0 Å². The highest BCUT2D eigenvalue weighted by atomic mass is 19.1. The number of amides is 1. The molecule has 1 atom stereocenters. The van der Waals surface area contributed by atoms with E-state index in [1.165, 1.54) is 12.1 Å². The quantitative estimate of drug-likeness (QED) is 0.741. The van der Waals surface area contributed by atoms with Crippen LogP contribution in [0.15, 0.2) is 60.9 Å². The van der Waals surface area contributed by atoms with Crippen LogP contribution in [0.5, 0.6) is 5.75 Å². The largest absolute Gasteiger partial charge is 0.497 e. The molecule has 0 aliphatic heterocycles. The van der Waals surface area contributed by atoms with Gasteiger partial charge in [-0.25, -0.2) is 9.37 Å². The van der Waals surface area contributed by atoms with E-state index in [0.717, 1.165) is 11.3 Å². The summed E-state index contributed by atoms with van der Waals surface area (Å²) >= 11 is 0. The van der Waals surface area contributed by atoms with Gasteiger partial charge in [0.05, 0.1) is 13.5 Å². The van der Waals surface area contributed by atoms with Gasteiger partial charge in [0.1, 0.15) is 23.4 Å². The third-order valence-electron chi connectivity index (χ3n) is 4.12. The lowest BCUT2D eigenvalue weighted by Crippen LogP contribution is -2.32. The number of rotatable bonds is 6. The van der Waals surface area contributed by atoms with Gasteiger partial charge < -0.3 is 14.6 Å². The fourth-order valence-corrected chi connectivity index (χ4v) is 2.79. The normalized spacial score (nSPS) is 11.8. The summed E-state index contributed by atoms with van der Waals surface area (Å²) in [5.41, 5.74) is 1.50. The number of carbonyl (C=O) groups is 1. The van der Waals surface area contributed by atoms with Crippen molar-refractivity contribution < 1.29 is 13.9 Å². The summed E-state index contributed by atoms with van der Waals surface area (Å²) in [5, 5.41) is 3.00. The van der Waals surface area contributed by atoms with Crippen LogP contribution in [0.4, 0.5) is 4.39 Å². The van der Waals surface area contributed by atoms with E-state index in [1.54, 1.807) is 25.4 Å². The number of aromatic nitrogens is 2. The van der Waals surface area contributed by atoms with Crippen LogP contribution in [-0.4, -0.2) is 22.6 Å². The minimum absolute atomic E-state index is 0.0921. The maximum Gasteiger partial charge on any atom is 0.225 e. The molecule has 0 saturated carbocycles. The molecular formula is C20H20FN3O2. The number of benzene rings is 2. The van der Waals surface area contributed by atoms with Crippen molar-refractivity contribution in [2.24, 2.45) is 7.05 Å². The third kappa shape index (κ3) is 4.08. The van der Waals surface area contributed by atoms with Gasteiger partial charge in [0.25, 0.3) is 0 Å². The fourth-order valence-electron chi connectivity index (χ4n) is 2.79. The number of carbonyl (C=O) groups excluding carboxylic acids is 1. The van der Waals surface area contributed by atoms with E-state index in [9.17, 15) is 9.18 Å². The van der Waals surface area contributed by atoms with E-state index in [4.69, 9.17) is 4.74 Å². The Morgan fingerprint density at radius 3 is 2.65 bits per heavy atom. The zero-order chi connectivity index (χ0) is 18.5. The number of hydrogen-bond donors (Lipinski definition) is 1. The van der Waals surface area contributed by atoms with Crippen molar-refractivity contribution >= 4 is 5.91 Å². The number of ether oxygens (including phenoxy) is 1. The molecular weight excluding hydrogens is 333 g/mol. The first kappa shape index (κ1) is 17.7. The Balaban J connectivity index is 1.83. The first-order chi connectivity index (χ1) is 12.6. The van der Waals surface area contributed by atoms with Crippen molar-refractivity contribution in [3.05, 3.63) is 83.7 Å². The highest BCUT2D eigenvalue weighted by Crippen LogP contribution is 2.23. The molecule has 1 aromatic heterocycles. The number of methoxy groups -OCH3 is 1. The molecule has 0 aliphatic rings. The minimum Gasteiger partial charge on any atom is -0.497 e. The Kier molecular flexibility index (Phi) is 5.31.